The minimum Gasteiger partial charge on any atom is -0.379 e. The van der Waals surface area contributed by atoms with Gasteiger partial charge < -0.3 is 4.18 Å². The Bertz CT molecular complexity index is 1780. The summed E-state index contributed by atoms with van der Waals surface area (Å²) in [5, 5.41) is 12.6. The lowest BCUT2D eigenvalue weighted by Gasteiger charge is -2.30. The molecule has 1 saturated heterocycles. The molecular weight excluding hydrogens is 590 g/mol. The number of aryl methyl sites for hydroxylation is 1. The lowest BCUT2D eigenvalue weighted by molar-refractivity contribution is -0.384. The summed E-state index contributed by atoms with van der Waals surface area (Å²) in [6.45, 7) is 2.89. The van der Waals surface area contributed by atoms with E-state index in [2.05, 4.69) is 0 Å². The van der Waals surface area contributed by atoms with Gasteiger partial charge in [-0.2, -0.15) is 13.4 Å². The Morgan fingerprint density at radius 2 is 1.57 bits per heavy atom. The first kappa shape index (κ1) is 30.3. The molecule has 3 amide bonds. The molecule has 3 aromatic rings. The molecule has 12 nitrogen and oxygen atoms in total. The first-order chi connectivity index (χ1) is 20.9. The summed E-state index contributed by atoms with van der Waals surface area (Å²) in [6.07, 6.45) is 3.93. The van der Waals surface area contributed by atoms with Crippen LogP contribution in [-0.4, -0.2) is 53.4 Å². The molecule has 44 heavy (non-hydrogen) atoms. The van der Waals surface area contributed by atoms with Gasteiger partial charge in [0, 0.05) is 23.3 Å². The molecule has 13 heteroatoms. The van der Waals surface area contributed by atoms with E-state index in [4.69, 9.17) is 4.18 Å². The van der Waals surface area contributed by atoms with Gasteiger partial charge in [0.2, 0.25) is 0 Å². The molecule has 5 rings (SSSR count). The van der Waals surface area contributed by atoms with E-state index in [0.717, 1.165) is 22.7 Å². The lowest BCUT2D eigenvalue weighted by Crippen LogP contribution is -2.52. The Morgan fingerprint density at radius 1 is 0.955 bits per heavy atom. The van der Waals surface area contributed by atoms with Crippen LogP contribution in [0.15, 0.2) is 89.8 Å². The fourth-order valence-corrected chi connectivity index (χ4v) is 6.21. The van der Waals surface area contributed by atoms with Crippen molar-refractivity contribution in [3.8, 4) is 5.75 Å². The number of non-ortho nitro benzene ring substituents is 1. The second-order valence-electron chi connectivity index (χ2n) is 10.6. The SMILES string of the molecule is Cc1ccc(S(=O)(=O)Oc2ccc(C(=O)CN(C(=O)c3ccc([N+](=O)[O-])cc3)N3C(=O)[C@@H]4[C@H](C)C=CC[C@H]4C3=O)cc2)cc1. The minimum absolute atomic E-state index is 0.0475. The van der Waals surface area contributed by atoms with Gasteiger partial charge in [-0.1, -0.05) is 36.8 Å². The second kappa shape index (κ2) is 11.8. The smallest absolute Gasteiger partial charge is 0.339 e. The van der Waals surface area contributed by atoms with E-state index in [-0.39, 0.29) is 33.4 Å². The number of nitrogens with zero attached hydrogens (tertiary/aromatic N) is 3. The molecule has 1 heterocycles. The number of hydrazine groups is 1. The van der Waals surface area contributed by atoms with Crippen molar-refractivity contribution in [2.24, 2.45) is 17.8 Å². The Balaban J connectivity index is 1.41. The van der Waals surface area contributed by atoms with Gasteiger partial charge in [0.25, 0.3) is 23.4 Å². The van der Waals surface area contributed by atoms with E-state index in [9.17, 15) is 37.7 Å². The van der Waals surface area contributed by atoms with E-state index in [1.807, 2.05) is 13.0 Å². The zero-order chi connectivity index (χ0) is 31.8. The number of benzene rings is 3. The van der Waals surface area contributed by atoms with Crippen molar-refractivity contribution in [1.82, 2.24) is 10.0 Å². The molecule has 226 valence electrons. The first-order valence-corrected chi connectivity index (χ1v) is 15.0. The fraction of sp³-hybridized carbons (Fsp3) is 0.226. The zero-order valence-electron chi connectivity index (χ0n) is 23.7. The Morgan fingerprint density at radius 3 is 2.16 bits per heavy atom. The summed E-state index contributed by atoms with van der Waals surface area (Å²) >= 11 is 0. The molecule has 0 unspecified atom stereocenters. The predicted octanol–water partition coefficient (Wildman–Crippen LogP) is 4.11. The van der Waals surface area contributed by atoms with E-state index in [0.29, 0.717) is 11.4 Å². The predicted molar refractivity (Wildman–Crippen MR) is 156 cm³/mol. The Kier molecular flexibility index (Phi) is 8.15. The van der Waals surface area contributed by atoms with Crippen molar-refractivity contribution in [3.63, 3.8) is 0 Å². The molecule has 3 aromatic carbocycles. The molecule has 1 fully saturated rings. The van der Waals surface area contributed by atoms with Crippen molar-refractivity contribution in [2.75, 3.05) is 6.54 Å². The number of hydrogen-bond acceptors (Lipinski definition) is 9. The van der Waals surface area contributed by atoms with Crippen LogP contribution < -0.4 is 4.18 Å². The van der Waals surface area contributed by atoms with Crippen molar-refractivity contribution < 1.29 is 36.7 Å². The third-order valence-corrected chi connectivity index (χ3v) is 8.90. The molecule has 0 aromatic heterocycles. The number of Topliss-reactive ketones (excluding diaryl/α,β-unsaturated/α-hetero) is 1. The van der Waals surface area contributed by atoms with Gasteiger partial charge in [-0.25, -0.2) is 5.01 Å². The number of hydrogen-bond donors (Lipinski definition) is 0. The van der Waals surface area contributed by atoms with Crippen molar-refractivity contribution in [2.45, 2.75) is 25.2 Å². The molecule has 0 N–H and O–H groups in total. The quantitative estimate of drug-likeness (QED) is 0.0859. The number of nitro benzene ring substituents is 1. The summed E-state index contributed by atoms with van der Waals surface area (Å²) in [5.41, 5.74) is 0.582. The summed E-state index contributed by atoms with van der Waals surface area (Å²) < 4.78 is 30.5. The van der Waals surface area contributed by atoms with Crippen molar-refractivity contribution in [1.29, 1.82) is 0 Å². The van der Waals surface area contributed by atoms with Crippen molar-refractivity contribution >= 4 is 39.3 Å². The van der Waals surface area contributed by atoms with E-state index in [1.54, 1.807) is 25.1 Å². The Hall–Kier alpha value is -5.17. The summed E-state index contributed by atoms with van der Waals surface area (Å²) in [7, 11) is -4.14. The van der Waals surface area contributed by atoms with Gasteiger partial charge in [0.1, 0.15) is 17.2 Å². The Labute approximate surface area is 252 Å². The van der Waals surface area contributed by atoms with Crippen LogP contribution in [0.25, 0.3) is 0 Å². The number of ketones is 1. The maximum Gasteiger partial charge on any atom is 0.339 e. The standard InChI is InChI=1S/C31H27N3O9S/c1-19-6-16-25(17-7-19)44(41,42)43-24-14-10-21(11-15-24)27(35)18-32(29(36)22-8-12-23(13-9-22)34(39)40)33-30(37)26-5-3-4-20(2)28(26)31(33)38/h3-4,6-17,20,26,28H,5,18H2,1-2H3/t20-,26-,28-/m1/s1. The highest BCUT2D eigenvalue weighted by Crippen LogP contribution is 2.39. The summed E-state index contributed by atoms with van der Waals surface area (Å²) in [4.78, 5) is 64.5. The van der Waals surface area contributed by atoms with Crippen LogP contribution in [0.2, 0.25) is 0 Å². The zero-order valence-corrected chi connectivity index (χ0v) is 24.5. The van der Waals surface area contributed by atoms with Gasteiger partial charge >= 0.3 is 10.1 Å². The second-order valence-corrected chi connectivity index (χ2v) is 12.2. The highest BCUT2D eigenvalue weighted by molar-refractivity contribution is 7.87. The van der Waals surface area contributed by atoms with Gasteiger partial charge in [-0.15, -0.1) is 0 Å². The lowest BCUT2D eigenvalue weighted by atomic mass is 9.78. The van der Waals surface area contributed by atoms with Crippen LogP contribution in [-0.2, 0) is 19.7 Å². The number of carbonyl (C=O) groups is 4. The van der Waals surface area contributed by atoms with Gasteiger partial charge in [0.15, 0.2) is 5.78 Å². The van der Waals surface area contributed by atoms with Crippen LogP contribution in [0, 0.1) is 34.8 Å². The third kappa shape index (κ3) is 5.86. The average molecular weight is 618 g/mol. The number of nitro groups is 1. The third-order valence-electron chi connectivity index (χ3n) is 7.64. The molecule has 2 aliphatic rings. The van der Waals surface area contributed by atoms with Crippen LogP contribution in [0.5, 0.6) is 5.75 Å². The monoisotopic (exact) mass is 617 g/mol. The molecule has 0 radical (unpaired) electrons. The molecule has 0 saturated carbocycles. The molecular formula is C31H27N3O9S. The number of imide groups is 1. The minimum atomic E-state index is -4.14. The number of rotatable bonds is 9. The van der Waals surface area contributed by atoms with Gasteiger partial charge in [-0.3, -0.25) is 29.3 Å². The molecule has 1 aliphatic heterocycles. The highest BCUT2D eigenvalue weighted by Gasteiger charge is 2.53. The summed E-state index contributed by atoms with van der Waals surface area (Å²) in [6, 6.07) is 15.8. The number of allylic oxidation sites excluding steroid dienone is 2. The van der Waals surface area contributed by atoms with Crippen LogP contribution >= 0.6 is 0 Å². The normalized spacial score (nSPS) is 19.4. The molecule has 1 aliphatic carbocycles. The largest absolute Gasteiger partial charge is 0.379 e. The topological polar surface area (TPSA) is 161 Å². The van der Waals surface area contributed by atoms with Crippen LogP contribution in [0.3, 0.4) is 0 Å². The van der Waals surface area contributed by atoms with Gasteiger partial charge in [-0.05, 0) is 67.8 Å². The van der Waals surface area contributed by atoms with Crippen LogP contribution in [0.4, 0.5) is 5.69 Å². The fourth-order valence-electron chi connectivity index (χ4n) is 5.28. The van der Waals surface area contributed by atoms with Crippen LogP contribution in [0.1, 0.15) is 39.6 Å². The van der Waals surface area contributed by atoms with E-state index in [1.165, 1.54) is 48.5 Å². The highest BCUT2D eigenvalue weighted by atomic mass is 32.2. The molecule has 3 atom stereocenters. The number of carbonyl (C=O) groups excluding carboxylic acids is 4. The number of amides is 3. The number of fused-ring (bicyclic) bond motifs is 1. The van der Waals surface area contributed by atoms with Gasteiger partial charge in [0.05, 0.1) is 16.8 Å². The maximum absolute atomic E-state index is 13.7. The average Bonchev–Trinajstić information content (AvgIpc) is 3.26. The van der Waals surface area contributed by atoms with Crippen molar-refractivity contribution in [3.05, 3.63) is 112 Å². The van der Waals surface area contributed by atoms with E-state index < -0.39 is 56.9 Å². The molecule has 0 spiro atoms. The molecule has 0 bridgehead atoms. The van der Waals surface area contributed by atoms with E-state index >= 15 is 0 Å². The maximum atomic E-state index is 13.7. The first-order valence-electron chi connectivity index (χ1n) is 13.6. The summed E-state index contributed by atoms with van der Waals surface area (Å²) in [5.74, 6) is -4.51.